The molecule has 1 nitrogen and oxygen atoms in total. The second-order valence-corrected chi connectivity index (χ2v) is 5.93. The topological polar surface area (TPSA) is 26.0 Å². The van der Waals surface area contributed by atoms with E-state index in [9.17, 15) is 13.2 Å². The molecule has 0 unspecified atom stereocenters. The highest BCUT2D eigenvalue weighted by atomic mass is 32.2. The summed E-state index contributed by atoms with van der Waals surface area (Å²) in [5.41, 5.74) is 8.74. The molecule has 112 valence electrons. The highest BCUT2D eigenvalue weighted by Crippen LogP contribution is 2.35. The predicted molar refractivity (Wildman–Crippen MR) is 81.3 cm³/mol. The van der Waals surface area contributed by atoms with Crippen LogP contribution in [0.15, 0.2) is 41.3 Å². The van der Waals surface area contributed by atoms with Gasteiger partial charge in [-0.1, -0.05) is 18.2 Å². The van der Waals surface area contributed by atoms with Crippen LogP contribution in [0.3, 0.4) is 0 Å². The summed E-state index contributed by atoms with van der Waals surface area (Å²) >= 11 is 1.46. The van der Waals surface area contributed by atoms with Crippen molar-refractivity contribution in [1.82, 2.24) is 0 Å². The average Bonchev–Trinajstić information content (AvgIpc) is 2.38. The van der Waals surface area contributed by atoms with Crippen LogP contribution in [-0.2, 0) is 11.9 Å². The van der Waals surface area contributed by atoms with Crippen LogP contribution in [0.25, 0.3) is 0 Å². The molecule has 0 spiro atoms. The maximum Gasteiger partial charge on any atom is 0.416 e. The lowest BCUT2D eigenvalue weighted by atomic mass is 10.1. The minimum atomic E-state index is -4.36. The van der Waals surface area contributed by atoms with Crippen LogP contribution in [0.1, 0.15) is 22.3 Å². The van der Waals surface area contributed by atoms with Crippen molar-refractivity contribution >= 4 is 17.4 Å². The molecular formula is C16H16F3NS. The molecule has 5 heteroatoms. The highest BCUT2D eigenvalue weighted by molar-refractivity contribution is 7.98. The monoisotopic (exact) mass is 311 g/mol. The number of nitrogens with two attached hydrogens (primary N) is 1. The lowest BCUT2D eigenvalue weighted by Gasteiger charge is -2.12. The number of hydrogen-bond acceptors (Lipinski definition) is 2. The van der Waals surface area contributed by atoms with E-state index in [-0.39, 0.29) is 5.69 Å². The molecule has 0 fully saturated rings. The van der Waals surface area contributed by atoms with Crippen molar-refractivity contribution in [1.29, 1.82) is 0 Å². The maximum absolute atomic E-state index is 12.6. The lowest BCUT2D eigenvalue weighted by Crippen LogP contribution is -2.05. The smallest absolute Gasteiger partial charge is 0.398 e. The number of benzene rings is 2. The molecule has 2 aromatic rings. The summed E-state index contributed by atoms with van der Waals surface area (Å²) in [4.78, 5) is 0.672. The largest absolute Gasteiger partial charge is 0.416 e. The van der Waals surface area contributed by atoms with Crippen LogP contribution in [0, 0.1) is 13.8 Å². The fourth-order valence-corrected chi connectivity index (χ4v) is 3.23. The number of anilines is 1. The van der Waals surface area contributed by atoms with Crippen LogP contribution in [0.4, 0.5) is 18.9 Å². The molecule has 0 aliphatic rings. The molecule has 0 amide bonds. The van der Waals surface area contributed by atoms with Gasteiger partial charge in [0.15, 0.2) is 0 Å². The van der Waals surface area contributed by atoms with Gasteiger partial charge in [0.05, 0.1) is 5.56 Å². The predicted octanol–water partition coefficient (Wildman–Crippen LogP) is 5.20. The zero-order valence-corrected chi connectivity index (χ0v) is 12.6. The van der Waals surface area contributed by atoms with Gasteiger partial charge in [0.2, 0.25) is 0 Å². The SMILES string of the molecule is Cc1cccc(C)c1CSc1ccc(C(F)(F)F)cc1N. The third-order valence-corrected chi connectivity index (χ3v) is 4.47. The number of thioether (sulfide) groups is 1. The number of nitrogen functional groups attached to an aromatic ring is 1. The molecule has 2 N–H and O–H groups in total. The Kier molecular flexibility index (Phi) is 4.52. The van der Waals surface area contributed by atoms with E-state index >= 15 is 0 Å². The Balaban J connectivity index is 2.18. The number of hydrogen-bond donors (Lipinski definition) is 1. The van der Waals surface area contributed by atoms with E-state index in [0.717, 1.165) is 12.1 Å². The van der Waals surface area contributed by atoms with Crippen molar-refractivity contribution in [3.63, 3.8) is 0 Å². The molecule has 0 heterocycles. The van der Waals surface area contributed by atoms with Gasteiger partial charge in [-0.3, -0.25) is 0 Å². The summed E-state index contributed by atoms with van der Waals surface area (Å²) in [5.74, 6) is 0.689. The van der Waals surface area contributed by atoms with Crippen molar-refractivity contribution in [2.75, 3.05) is 5.73 Å². The van der Waals surface area contributed by atoms with Crippen LogP contribution in [-0.4, -0.2) is 0 Å². The molecule has 0 bridgehead atoms. The summed E-state index contributed by atoms with van der Waals surface area (Å²) < 4.78 is 37.8. The minimum Gasteiger partial charge on any atom is -0.398 e. The Bertz CT molecular complexity index is 630. The molecule has 0 aliphatic heterocycles. The zero-order valence-electron chi connectivity index (χ0n) is 11.8. The summed E-state index contributed by atoms with van der Waals surface area (Å²) in [7, 11) is 0. The van der Waals surface area contributed by atoms with Crippen LogP contribution >= 0.6 is 11.8 Å². The zero-order chi connectivity index (χ0) is 15.6. The standard InChI is InChI=1S/C16H16F3NS/c1-10-4-3-5-11(2)13(10)9-21-15-7-6-12(8-14(15)20)16(17,18)19/h3-8H,9,20H2,1-2H3. The first-order chi connectivity index (χ1) is 9.79. The minimum absolute atomic E-state index is 0.168. The van der Waals surface area contributed by atoms with Gasteiger partial charge in [0.1, 0.15) is 0 Å². The fraction of sp³-hybridized carbons (Fsp3) is 0.250. The molecule has 2 aromatic carbocycles. The van der Waals surface area contributed by atoms with Crippen LogP contribution < -0.4 is 5.73 Å². The number of alkyl halides is 3. The summed E-state index contributed by atoms with van der Waals surface area (Å²) in [5, 5.41) is 0. The molecule has 2 rings (SSSR count). The number of aryl methyl sites for hydroxylation is 2. The van der Waals surface area contributed by atoms with Gasteiger partial charge in [0, 0.05) is 16.3 Å². The third-order valence-electron chi connectivity index (χ3n) is 3.35. The van der Waals surface area contributed by atoms with Gasteiger partial charge >= 0.3 is 6.18 Å². The Morgan fingerprint density at radius 2 is 1.67 bits per heavy atom. The Hall–Kier alpha value is -1.62. The first-order valence-electron chi connectivity index (χ1n) is 6.43. The first-order valence-corrected chi connectivity index (χ1v) is 7.42. The van der Waals surface area contributed by atoms with E-state index in [1.807, 2.05) is 32.0 Å². The second-order valence-electron chi connectivity index (χ2n) is 4.91. The van der Waals surface area contributed by atoms with Gasteiger partial charge in [-0.05, 0) is 48.7 Å². The molecule has 0 atom stereocenters. The fourth-order valence-electron chi connectivity index (χ4n) is 2.08. The maximum atomic E-state index is 12.6. The number of rotatable bonds is 3. The quantitative estimate of drug-likeness (QED) is 0.623. The first kappa shape index (κ1) is 15.8. The summed E-state index contributed by atoms with van der Waals surface area (Å²) in [6, 6.07) is 9.55. The van der Waals surface area contributed by atoms with Gasteiger partial charge < -0.3 is 5.73 Å². The van der Waals surface area contributed by atoms with Crippen LogP contribution in [0.5, 0.6) is 0 Å². The summed E-state index contributed by atoms with van der Waals surface area (Å²) in [6.07, 6.45) is -4.36. The van der Waals surface area contributed by atoms with E-state index in [1.165, 1.54) is 34.5 Å². The van der Waals surface area contributed by atoms with E-state index in [4.69, 9.17) is 5.73 Å². The van der Waals surface area contributed by atoms with Gasteiger partial charge in [-0.15, -0.1) is 11.8 Å². The molecule has 0 saturated heterocycles. The molecule has 21 heavy (non-hydrogen) atoms. The molecule has 0 saturated carbocycles. The number of halogens is 3. The lowest BCUT2D eigenvalue weighted by molar-refractivity contribution is -0.137. The normalized spacial score (nSPS) is 11.7. The Morgan fingerprint density at radius 1 is 1.05 bits per heavy atom. The Labute approximate surface area is 126 Å². The van der Waals surface area contributed by atoms with E-state index in [1.54, 1.807) is 0 Å². The molecule has 0 aromatic heterocycles. The molecule has 0 radical (unpaired) electrons. The van der Waals surface area contributed by atoms with E-state index in [2.05, 4.69) is 0 Å². The Morgan fingerprint density at radius 3 is 2.19 bits per heavy atom. The van der Waals surface area contributed by atoms with Gasteiger partial charge in [-0.2, -0.15) is 13.2 Å². The van der Waals surface area contributed by atoms with Gasteiger partial charge in [0.25, 0.3) is 0 Å². The highest BCUT2D eigenvalue weighted by Gasteiger charge is 2.30. The molecular weight excluding hydrogens is 295 g/mol. The van der Waals surface area contributed by atoms with Crippen LogP contribution in [0.2, 0.25) is 0 Å². The van der Waals surface area contributed by atoms with Gasteiger partial charge in [-0.25, -0.2) is 0 Å². The van der Waals surface area contributed by atoms with Crippen molar-refractivity contribution in [2.24, 2.45) is 0 Å². The van der Waals surface area contributed by atoms with Crippen molar-refractivity contribution in [3.8, 4) is 0 Å². The van der Waals surface area contributed by atoms with E-state index < -0.39 is 11.7 Å². The van der Waals surface area contributed by atoms with Crippen molar-refractivity contribution in [3.05, 3.63) is 58.7 Å². The van der Waals surface area contributed by atoms with Crippen molar-refractivity contribution < 1.29 is 13.2 Å². The molecule has 0 aliphatic carbocycles. The van der Waals surface area contributed by atoms with E-state index in [0.29, 0.717) is 10.6 Å². The third kappa shape index (κ3) is 3.73. The van der Waals surface area contributed by atoms with Crippen molar-refractivity contribution in [2.45, 2.75) is 30.7 Å². The summed E-state index contributed by atoms with van der Waals surface area (Å²) in [6.45, 7) is 4.05. The average molecular weight is 311 g/mol. The second kappa shape index (κ2) is 6.02.